The Balaban J connectivity index is 0.00000121. The van der Waals surface area contributed by atoms with Crippen LogP contribution in [0, 0.1) is 35.4 Å². The van der Waals surface area contributed by atoms with Crippen molar-refractivity contribution < 1.29 is 33.6 Å². The van der Waals surface area contributed by atoms with Crippen molar-refractivity contribution in [2.45, 2.75) is 135 Å². The van der Waals surface area contributed by atoms with Gasteiger partial charge in [0.25, 0.3) is 0 Å². The number of benzene rings is 1. The minimum Gasteiger partial charge on any atom is -0.391 e. The molecule has 7 heteroatoms. The lowest BCUT2D eigenvalue weighted by molar-refractivity contribution is -0.276. The number of aliphatic hydroxyl groups excluding tert-OH is 1. The van der Waals surface area contributed by atoms with E-state index in [0.29, 0.717) is 29.9 Å². The average Bonchev–Trinajstić information content (AvgIpc) is 3.12. The molecule has 0 spiro atoms. The molecule has 3 fully saturated rings. The lowest BCUT2D eigenvalue weighted by Crippen LogP contribution is -2.27. The Hall–Kier alpha value is -2.35. The van der Waals surface area contributed by atoms with Crippen molar-refractivity contribution in [3.8, 4) is 0 Å². The van der Waals surface area contributed by atoms with Crippen molar-refractivity contribution in [1.82, 2.24) is 0 Å². The van der Waals surface area contributed by atoms with Gasteiger partial charge in [-0.1, -0.05) is 70.7 Å². The van der Waals surface area contributed by atoms with Gasteiger partial charge in [0.05, 0.1) is 25.4 Å². The molecule has 1 unspecified atom stereocenters. The van der Waals surface area contributed by atoms with Crippen molar-refractivity contribution in [3.05, 3.63) is 59.4 Å². The van der Waals surface area contributed by atoms with E-state index in [-0.39, 0.29) is 23.9 Å². The van der Waals surface area contributed by atoms with Crippen molar-refractivity contribution >= 4 is 12.3 Å². The number of ether oxygens (including phenoxy) is 1. The van der Waals surface area contributed by atoms with Crippen LogP contribution in [-0.2, 0) is 24.1 Å². The zero-order valence-electron chi connectivity index (χ0n) is 30.8. The number of methoxy groups -OCH3 is 1. The molecule has 0 aromatic heterocycles. The first-order valence-corrected chi connectivity index (χ1v) is 19.2. The molecule has 6 nitrogen and oxygen atoms in total. The van der Waals surface area contributed by atoms with Crippen LogP contribution in [0.1, 0.15) is 146 Å². The van der Waals surface area contributed by atoms with Crippen molar-refractivity contribution in [2.75, 3.05) is 26.9 Å². The third-order valence-corrected chi connectivity index (χ3v) is 11.5. The maximum Gasteiger partial charge on any atom is 0.370 e. The van der Waals surface area contributed by atoms with Crippen molar-refractivity contribution in [3.63, 3.8) is 0 Å². The zero-order valence-corrected chi connectivity index (χ0v) is 30.8. The third-order valence-electron chi connectivity index (χ3n) is 11.5. The highest BCUT2D eigenvalue weighted by molar-refractivity contribution is 5.87. The first-order valence-electron chi connectivity index (χ1n) is 19.2. The fourth-order valence-corrected chi connectivity index (χ4v) is 8.59. The highest BCUT2D eigenvalue weighted by Crippen LogP contribution is 2.46. The van der Waals surface area contributed by atoms with Crippen LogP contribution in [0.25, 0.3) is 0 Å². The Bertz CT molecular complexity index is 1140. The summed E-state index contributed by atoms with van der Waals surface area (Å²) in [6.45, 7) is 11.1. The lowest BCUT2D eigenvalue weighted by atomic mass is 9.67. The van der Waals surface area contributed by atoms with E-state index in [1.165, 1.54) is 95.5 Å². The zero-order chi connectivity index (χ0) is 35.6. The fourth-order valence-electron chi connectivity index (χ4n) is 8.59. The molecule has 0 amide bonds. The van der Waals surface area contributed by atoms with Crippen LogP contribution in [-0.4, -0.2) is 44.3 Å². The van der Waals surface area contributed by atoms with Crippen LogP contribution < -0.4 is 0 Å². The van der Waals surface area contributed by atoms with Gasteiger partial charge in [-0.25, -0.2) is 9.18 Å². The number of aldehydes is 1. The van der Waals surface area contributed by atoms with Gasteiger partial charge in [-0.05, 0) is 136 Å². The third kappa shape index (κ3) is 14.1. The summed E-state index contributed by atoms with van der Waals surface area (Å²) in [4.78, 5) is 31.0. The predicted molar refractivity (Wildman–Crippen MR) is 195 cm³/mol. The number of unbranched alkanes of at least 4 members (excludes halogenated alkanes) is 2. The Labute approximate surface area is 296 Å². The van der Waals surface area contributed by atoms with E-state index in [9.17, 15) is 9.59 Å². The summed E-state index contributed by atoms with van der Waals surface area (Å²) in [5, 5.41) is 8.99. The number of carbonyl (C=O) groups excluding carboxylic acids is 2. The molecule has 0 bridgehead atoms. The molecule has 0 saturated heterocycles. The minimum atomic E-state index is -0.732. The average molecular weight is 685 g/mol. The van der Waals surface area contributed by atoms with E-state index < -0.39 is 12.6 Å². The van der Waals surface area contributed by atoms with E-state index in [0.717, 1.165) is 48.9 Å². The normalized spacial score (nSPS) is 26.1. The summed E-state index contributed by atoms with van der Waals surface area (Å²) in [7, 11) is 1.68. The molecule has 3 aliphatic rings. The van der Waals surface area contributed by atoms with E-state index >= 15 is 4.39 Å². The van der Waals surface area contributed by atoms with E-state index in [1.807, 2.05) is 6.07 Å². The maximum atomic E-state index is 15.4. The summed E-state index contributed by atoms with van der Waals surface area (Å²) in [5.74, 6) is 3.42. The predicted octanol–water partition coefficient (Wildman–Crippen LogP) is 10.2. The molecule has 1 aromatic carbocycles. The smallest absolute Gasteiger partial charge is 0.370 e. The molecule has 0 aliphatic heterocycles. The second-order valence-electron chi connectivity index (χ2n) is 15.3. The SMILES string of the molecule is C=C(C)C=O.C=C(CO)C(=O)OOCC(COC)CC1CCC(C2CCC(c3ccc(C4CCC(CCCCC)CC4)cc3F)CC2)CC1. The minimum absolute atomic E-state index is 0.0238. The number of hydrogen-bond donors (Lipinski definition) is 1. The van der Waals surface area contributed by atoms with Crippen LogP contribution in [0.4, 0.5) is 4.39 Å². The van der Waals surface area contributed by atoms with Gasteiger partial charge in [0.2, 0.25) is 0 Å². The van der Waals surface area contributed by atoms with Gasteiger partial charge in [-0.3, -0.25) is 9.68 Å². The van der Waals surface area contributed by atoms with E-state index in [2.05, 4.69) is 32.2 Å². The van der Waals surface area contributed by atoms with Crippen LogP contribution in [0.5, 0.6) is 0 Å². The van der Waals surface area contributed by atoms with Crippen LogP contribution in [0.15, 0.2) is 42.5 Å². The maximum absolute atomic E-state index is 15.4. The van der Waals surface area contributed by atoms with E-state index in [4.69, 9.17) is 19.6 Å². The number of allylic oxidation sites excluding steroid dienone is 1. The first kappa shape index (κ1) is 41.1. The molecule has 1 aromatic rings. The Morgan fingerprint density at radius 2 is 1.51 bits per heavy atom. The van der Waals surface area contributed by atoms with Crippen LogP contribution in [0.2, 0.25) is 0 Å². The monoisotopic (exact) mass is 684 g/mol. The molecular weight excluding hydrogens is 619 g/mol. The quantitative estimate of drug-likeness (QED) is 0.0578. The molecule has 0 radical (unpaired) electrons. The van der Waals surface area contributed by atoms with Gasteiger partial charge in [-0.15, -0.1) is 0 Å². The molecule has 1 N–H and O–H groups in total. The number of rotatable bonds is 17. The second kappa shape index (κ2) is 22.5. The van der Waals surface area contributed by atoms with E-state index in [1.54, 1.807) is 14.0 Å². The number of halogens is 1. The van der Waals surface area contributed by atoms with Gasteiger partial charge >= 0.3 is 5.97 Å². The Morgan fingerprint density at radius 3 is 2.06 bits per heavy atom. The van der Waals surface area contributed by atoms with Crippen LogP contribution >= 0.6 is 0 Å². The highest BCUT2D eigenvalue weighted by atomic mass is 19.1. The van der Waals surface area contributed by atoms with Crippen molar-refractivity contribution in [2.24, 2.45) is 29.6 Å². The Kier molecular flexibility index (Phi) is 18.8. The van der Waals surface area contributed by atoms with Crippen molar-refractivity contribution in [1.29, 1.82) is 0 Å². The molecule has 1 atom stereocenters. The summed E-state index contributed by atoms with van der Waals surface area (Å²) in [5.41, 5.74) is 2.74. The van der Waals surface area contributed by atoms with Gasteiger partial charge in [0.1, 0.15) is 12.1 Å². The summed E-state index contributed by atoms with van der Waals surface area (Å²) in [6, 6.07) is 6.28. The van der Waals surface area contributed by atoms with Gasteiger partial charge in [0, 0.05) is 13.0 Å². The largest absolute Gasteiger partial charge is 0.391 e. The second-order valence-corrected chi connectivity index (χ2v) is 15.3. The highest BCUT2D eigenvalue weighted by Gasteiger charge is 2.33. The number of carbonyl (C=O) groups is 2. The lowest BCUT2D eigenvalue weighted by Gasteiger charge is -2.38. The molecular formula is C42H65FO6. The molecule has 276 valence electrons. The Morgan fingerprint density at radius 1 is 0.918 bits per heavy atom. The number of hydrogen-bond acceptors (Lipinski definition) is 6. The molecule has 3 aliphatic carbocycles. The number of aliphatic hydroxyl groups is 1. The molecule has 3 saturated carbocycles. The topological polar surface area (TPSA) is 82.1 Å². The summed E-state index contributed by atoms with van der Waals surface area (Å²) >= 11 is 0. The van der Waals surface area contributed by atoms with Crippen LogP contribution in [0.3, 0.4) is 0 Å². The summed E-state index contributed by atoms with van der Waals surface area (Å²) in [6.07, 6.45) is 21.8. The van der Waals surface area contributed by atoms with Gasteiger partial charge < -0.3 is 9.84 Å². The fraction of sp³-hybridized carbons (Fsp3) is 0.714. The first-order chi connectivity index (χ1) is 23.7. The molecule has 0 heterocycles. The van der Waals surface area contributed by atoms with Gasteiger partial charge in [0.15, 0.2) is 0 Å². The van der Waals surface area contributed by atoms with Gasteiger partial charge in [-0.2, -0.15) is 4.89 Å². The standard InChI is InChI=1S/C38H59FO5.C4H6O/c1-4-5-6-7-28-8-12-33(13-9-28)35-20-21-36(37(39)23-35)34-18-16-32(17-19-34)31-14-10-29(11-15-31)22-30(25-42-3)26-43-44-38(41)27(2)24-40;1-4(2)3-5/h20-21,23,28-34,40H,2,4-19,22,24-26H2,1,3H3;3H,1H2,2H3. The molecule has 4 rings (SSSR count). The molecule has 49 heavy (non-hydrogen) atoms. The summed E-state index contributed by atoms with van der Waals surface area (Å²) < 4.78 is 20.8.